The molecule has 3 fully saturated rings. The van der Waals surface area contributed by atoms with E-state index in [9.17, 15) is 10.2 Å². The molecule has 0 amide bonds. The van der Waals surface area contributed by atoms with Crippen LogP contribution in [0.4, 0.5) is 0 Å². The van der Waals surface area contributed by atoms with Gasteiger partial charge in [-0.25, -0.2) is 0 Å². The standard InChI is InChI=1S/C26H46N2O4/c1-8-17(27)23(29)32-19-12-26(30)22(28-7)21-16-13-31-18(16)9-10-25(21,6)11-14(2)20(15(19)3)24(26,4)5/h14,16-19,21-23,28-30H,8-13,27H2,1-7H3/t14?,16?,17-,18?,19-,21?,22?,23-,25-,26+/m0/s1. The molecular weight excluding hydrogens is 404 g/mol. The van der Waals surface area contributed by atoms with Crippen LogP contribution in [-0.2, 0) is 9.47 Å². The van der Waals surface area contributed by atoms with Gasteiger partial charge >= 0.3 is 0 Å². The van der Waals surface area contributed by atoms with Crippen molar-refractivity contribution in [2.75, 3.05) is 13.7 Å². The van der Waals surface area contributed by atoms with Gasteiger partial charge < -0.3 is 30.7 Å². The number of nitrogens with two attached hydrogens (primary N) is 1. The Labute approximate surface area is 194 Å². The number of hydrogen-bond acceptors (Lipinski definition) is 6. The normalized spacial score (nSPS) is 47.4. The summed E-state index contributed by atoms with van der Waals surface area (Å²) in [5, 5.41) is 26.9. The number of ether oxygens (including phenoxy) is 2. The summed E-state index contributed by atoms with van der Waals surface area (Å²) in [4.78, 5) is 0. The maximum atomic E-state index is 12.7. The van der Waals surface area contributed by atoms with E-state index >= 15 is 0 Å². The number of fused-ring (bicyclic) bond motifs is 5. The summed E-state index contributed by atoms with van der Waals surface area (Å²) in [6.45, 7) is 14.0. The van der Waals surface area contributed by atoms with E-state index in [-0.39, 0.29) is 17.6 Å². The maximum Gasteiger partial charge on any atom is 0.170 e. The zero-order chi connectivity index (χ0) is 23.6. The largest absolute Gasteiger partial charge is 0.387 e. The average molecular weight is 451 g/mol. The molecule has 184 valence electrons. The first-order chi connectivity index (χ1) is 14.9. The first kappa shape index (κ1) is 24.6. The molecule has 10 atom stereocenters. The van der Waals surface area contributed by atoms with Crippen molar-refractivity contribution in [3.63, 3.8) is 0 Å². The summed E-state index contributed by atoms with van der Waals surface area (Å²) in [6, 6.07) is -0.521. The van der Waals surface area contributed by atoms with Crippen molar-refractivity contribution < 1.29 is 19.7 Å². The smallest absolute Gasteiger partial charge is 0.170 e. The highest BCUT2D eigenvalue weighted by atomic mass is 16.6. The third-order valence-corrected chi connectivity index (χ3v) is 10.00. The molecule has 3 aliphatic carbocycles. The molecule has 6 heteroatoms. The minimum absolute atomic E-state index is 0.0853. The average Bonchev–Trinajstić information content (AvgIpc) is 2.68. The predicted molar refractivity (Wildman–Crippen MR) is 126 cm³/mol. The van der Waals surface area contributed by atoms with E-state index in [1.807, 2.05) is 14.0 Å². The summed E-state index contributed by atoms with van der Waals surface area (Å²) >= 11 is 0. The Morgan fingerprint density at radius 2 is 1.97 bits per heavy atom. The molecule has 32 heavy (non-hydrogen) atoms. The Hall–Kier alpha value is -0.500. The predicted octanol–water partition coefficient (Wildman–Crippen LogP) is 2.96. The molecule has 1 aliphatic heterocycles. The summed E-state index contributed by atoms with van der Waals surface area (Å²) in [6.07, 6.45) is 3.36. The third-order valence-electron chi connectivity index (χ3n) is 10.00. The third kappa shape index (κ3) is 3.44. The zero-order valence-corrected chi connectivity index (χ0v) is 21.1. The van der Waals surface area contributed by atoms with Crippen molar-refractivity contribution in [3.05, 3.63) is 11.1 Å². The van der Waals surface area contributed by atoms with E-state index < -0.39 is 23.3 Å². The van der Waals surface area contributed by atoms with Crippen LogP contribution in [0.15, 0.2) is 11.1 Å². The van der Waals surface area contributed by atoms with Gasteiger partial charge in [0.25, 0.3) is 0 Å². The maximum absolute atomic E-state index is 12.7. The highest BCUT2D eigenvalue weighted by Crippen LogP contribution is 2.63. The molecule has 0 radical (unpaired) electrons. The van der Waals surface area contributed by atoms with Gasteiger partial charge in [-0.2, -0.15) is 0 Å². The minimum Gasteiger partial charge on any atom is -0.387 e. The van der Waals surface area contributed by atoms with Crippen LogP contribution in [0, 0.1) is 28.6 Å². The number of aliphatic hydroxyl groups is 2. The Kier molecular flexibility index (Phi) is 6.40. The van der Waals surface area contributed by atoms with E-state index in [2.05, 4.69) is 39.9 Å². The van der Waals surface area contributed by atoms with Crippen LogP contribution in [0.1, 0.15) is 73.6 Å². The summed E-state index contributed by atoms with van der Waals surface area (Å²) < 4.78 is 12.1. The monoisotopic (exact) mass is 450 g/mol. The van der Waals surface area contributed by atoms with E-state index in [1.165, 1.54) is 5.57 Å². The van der Waals surface area contributed by atoms with Gasteiger partial charge in [0.15, 0.2) is 6.29 Å². The SMILES string of the molecule is CC[C@H](N)[C@@H](O)O[C@H]1C[C@@]2(O)C(NC)C3C4COC4CC[C@@]3(C)CC(C)C(=C1C)C2(C)C. The van der Waals surface area contributed by atoms with Gasteiger partial charge in [-0.15, -0.1) is 0 Å². The summed E-state index contributed by atoms with van der Waals surface area (Å²) in [7, 11) is 2.00. The van der Waals surface area contributed by atoms with Gasteiger partial charge in [-0.3, -0.25) is 0 Å². The fourth-order valence-corrected chi connectivity index (χ4v) is 8.27. The first-order valence-corrected chi connectivity index (χ1v) is 12.7. The molecule has 6 nitrogen and oxygen atoms in total. The van der Waals surface area contributed by atoms with Gasteiger partial charge in [0.05, 0.1) is 30.5 Å². The van der Waals surface area contributed by atoms with Gasteiger partial charge in [-0.1, -0.05) is 40.2 Å². The van der Waals surface area contributed by atoms with Crippen LogP contribution in [0.2, 0.25) is 0 Å². The highest BCUT2D eigenvalue weighted by Gasteiger charge is 2.65. The van der Waals surface area contributed by atoms with Gasteiger partial charge in [0.2, 0.25) is 0 Å². The van der Waals surface area contributed by atoms with E-state index in [1.54, 1.807) is 0 Å². The Bertz CT molecular complexity index is 754. The van der Waals surface area contributed by atoms with Crippen molar-refractivity contribution in [2.24, 2.45) is 34.3 Å². The lowest BCUT2D eigenvalue weighted by molar-refractivity contribution is -0.238. The summed E-state index contributed by atoms with van der Waals surface area (Å²) in [5.74, 6) is 1.13. The highest BCUT2D eigenvalue weighted by molar-refractivity contribution is 5.36. The van der Waals surface area contributed by atoms with Crippen LogP contribution >= 0.6 is 0 Å². The first-order valence-electron chi connectivity index (χ1n) is 12.7. The Morgan fingerprint density at radius 1 is 1.28 bits per heavy atom. The number of nitrogens with one attached hydrogen (secondary N) is 1. The molecule has 2 bridgehead atoms. The quantitative estimate of drug-likeness (QED) is 0.380. The molecular formula is C26H46N2O4. The molecule has 1 saturated heterocycles. The molecule has 4 aliphatic rings. The molecule has 0 spiro atoms. The van der Waals surface area contributed by atoms with Crippen LogP contribution in [0.25, 0.3) is 0 Å². The van der Waals surface area contributed by atoms with Crippen molar-refractivity contribution in [2.45, 2.75) is 110 Å². The number of aliphatic hydroxyl groups excluding tert-OH is 1. The lowest BCUT2D eigenvalue weighted by Gasteiger charge is -2.65. The second-order valence-corrected chi connectivity index (χ2v) is 12.1. The molecule has 5 N–H and O–H groups in total. The van der Waals surface area contributed by atoms with E-state index in [4.69, 9.17) is 15.2 Å². The molecule has 2 saturated carbocycles. The van der Waals surface area contributed by atoms with Crippen molar-refractivity contribution in [3.8, 4) is 0 Å². The number of likely N-dealkylation sites (N-methyl/N-ethyl adjacent to an activating group) is 1. The van der Waals surface area contributed by atoms with Crippen LogP contribution in [0.3, 0.4) is 0 Å². The summed E-state index contributed by atoms with van der Waals surface area (Å²) in [5.41, 5.74) is 7.25. The number of rotatable bonds is 5. The molecule has 0 aromatic rings. The molecule has 0 aromatic heterocycles. The molecule has 0 aromatic carbocycles. The minimum atomic E-state index is -1.04. The van der Waals surface area contributed by atoms with Crippen molar-refractivity contribution in [1.29, 1.82) is 0 Å². The lowest BCUT2D eigenvalue weighted by Crippen LogP contribution is -2.72. The van der Waals surface area contributed by atoms with Gasteiger partial charge in [-0.05, 0) is 62.5 Å². The molecule has 1 heterocycles. The van der Waals surface area contributed by atoms with Crippen molar-refractivity contribution >= 4 is 0 Å². The fourth-order valence-electron chi connectivity index (χ4n) is 8.27. The molecule has 5 unspecified atom stereocenters. The Morgan fingerprint density at radius 3 is 2.53 bits per heavy atom. The fraction of sp³-hybridized carbons (Fsp3) is 0.923. The second kappa shape index (κ2) is 8.31. The second-order valence-electron chi connectivity index (χ2n) is 12.1. The zero-order valence-electron chi connectivity index (χ0n) is 21.1. The Balaban J connectivity index is 1.83. The van der Waals surface area contributed by atoms with Crippen LogP contribution in [0.5, 0.6) is 0 Å². The van der Waals surface area contributed by atoms with Gasteiger partial charge in [0, 0.05) is 23.8 Å². The van der Waals surface area contributed by atoms with Crippen molar-refractivity contribution in [1.82, 2.24) is 5.32 Å². The topological polar surface area (TPSA) is 97.0 Å². The number of hydrogen-bond donors (Lipinski definition) is 4. The molecule has 4 rings (SSSR count). The van der Waals surface area contributed by atoms with Gasteiger partial charge in [0.1, 0.15) is 0 Å². The van der Waals surface area contributed by atoms with E-state index in [0.717, 1.165) is 31.4 Å². The van der Waals surface area contributed by atoms with E-state index in [0.29, 0.717) is 36.7 Å². The lowest BCUT2D eigenvalue weighted by atomic mass is 9.45. The van der Waals surface area contributed by atoms with Crippen LogP contribution < -0.4 is 11.1 Å². The van der Waals surface area contributed by atoms with Crippen LogP contribution in [-0.4, -0.2) is 60.1 Å².